The fraction of sp³-hybridized carbons (Fsp3) is 0.381. The second kappa shape index (κ2) is 8.50. The molecule has 1 fully saturated rings. The first-order chi connectivity index (χ1) is 12.1. The second-order valence-corrected chi connectivity index (χ2v) is 7.11. The molecule has 0 amide bonds. The van der Waals surface area contributed by atoms with Crippen molar-refractivity contribution >= 4 is 17.6 Å². The standard InChI is InChI=1S/C21H24ClNO2/c1-16-7-4-5-12-23(16)14-18-8-2-3-9-19(18)15-25-21(24)17-10-6-11-20(22)13-17/h2-3,6,8-11,13,16H,4-5,7,12,14-15H2,1H3/t16-/m0/s1. The lowest BCUT2D eigenvalue weighted by atomic mass is 10.0. The minimum Gasteiger partial charge on any atom is -0.457 e. The van der Waals surface area contributed by atoms with Crippen molar-refractivity contribution in [1.29, 1.82) is 0 Å². The molecule has 1 saturated heterocycles. The lowest BCUT2D eigenvalue weighted by molar-refractivity contribution is 0.0470. The summed E-state index contributed by atoms with van der Waals surface area (Å²) in [6.45, 7) is 4.62. The molecule has 1 atom stereocenters. The van der Waals surface area contributed by atoms with Crippen LogP contribution in [0.25, 0.3) is 0 Å². The maximum atomic E-state index is 12.2. The normalized spacial score (nSPS) is 18.1. The van der Waals surface area contributed by atoms with Gasteiger partial charge in [0.05, 0.1) is 5.56 Å². The molecule has 0 aliphatic carbocycles. The topological polar surface area (TPSA) is 29.5 Å². The van der Waals surface area contributed by atoms with Gasteiger partial charge in [-0.2, -0.15) is 0 Å². The molecule has 4 heteroatoms. The summed E-state index contributed by atoms with van der Waals surface area (Å²) in [4.78, 5) is 14.7. The third-order valence-electron chi connectivity index (χ3n) is 4.85. The van der Waals surface area contributed by atoms with E-state index in [1.807, 2.05) is 18.2 Å². The molecule has 1 aliphatic heterocycles. The van der Waals surface area contributed by atoms with Crippen molar-refractivity contribution < 1.29 is 9.53 Å². The van der Waals surface area contributed by atoms with Gasteiger partial charge in [-0.1, -0.05) is 48.4 Å². The lowest BCUT2D eigenvalue weighted by Crippen LogP contribution is -2.37. The number of esters is 1. The van der Waals surface area contributed by atoms with Crippen LogP contribution in [0.1, 0.15) is 47.7 Å². The van der Waals surface area contributed by atoms with Crippen molar-refractivity contribution in [2.45, 2.75) is 45.4 Å². The van der Waals surface area contributed by atoms with Crippen LogP contribution in [0, 0.1) is 0 Å². The quantitative estimate of drug-likeness (QED) is 0.699. The van der Waals surface area contributed by atoms with Crippen LogP contribution >= 0.6 is 11.6 Å². The zero-order valence-electron chi connectivity index (χ0n) is 14.6. The molecule has 25 heavy (non-hydrogen) atoms. The average Bonchev–Trinajstić information content (AvgIpc) is 2.62. The van der Waals surface area contributed by atoms with Gasteiger partial charge in [-0.05, 0) is 55.6 Å². The van der Waals surface area contributed by atoms with E-state index in [0.29, 0.717) is 16.6 Å². The number of nitrogens with zero attached hydrogens (tertiary/aromatic N) is 1. The average molecular weight is 358 g/mol. The Labute approximate surface area is 154 Å². The SMILES string of the molecule is C[C@H]1CCCCN1Cc1ccccc1COC(=O)c1cccc(Cl)c1. The molecule has 0 N–H and O–H groups in total. The molecule has 0 spiro atoms. The summed E-state index contributed by atoms with van der Waals surface area (Å²) in [5.41, 5.74) is 2.78. The van der Waals surface area contributed by atoms with Crippen LogP contribution in [0.5, 0.6) is 0 Å². The van der Waals surface area contributed by atoms with E-state index in [-0.39, 0.29) is 12.6 Å². The third-order valence-corrected chi connectivity index (χ3v) is 5.09. The van der Waals surface area contributed by atoms with Gasteiger partial charge in [0, 0.05) is 17.6 Å². The molecule has 132 valence electrons. The number of carbonyl (C=O) groups excluding carboxylic acids is 1. The first kappa shape index (κ1) is 18.0. The number of piperidine rings is 1. The van der Waals surface area contributed by atoms with Gasteiger partial charge < -0.3 is 4.74 Å². The molecule has 3 nitrogen and oxygen atoms in total. The van der Waals surface area contributed by atoms with Crippen molar-refractivity contribution in [2.75, 3.05) is 6.54 Å². The van der Waals surface area contributed by atoms with Crippen LogP contribution in [0.15, 0.2) is 48.5 Å². The Hall–Kier alpha value is -1.84. The number of halogens is 1. The van der Waals surface area contributed by atoms with Gasteiger partial charge in [-0.3, -0.25) is 4.90 Å². The Bertz CT molecular complexity index is 731. The Morgan fingerprint density at radius 1 is 1.16 bits per heavy atom. The zero-order valence-corrected chi connectivity index (χ0v) is 15.3. The van der Waals surface area contributed by atoms with E-state index < -0.39 is 0 Å². The van der Waals surface area contributed by atoms with Gasteiger partial charge in [0.1, 0.15) is 6.61 Å². The molecule has 0 radical (unpaired) electrons. The monoisotopic (exact) mass is 357 g/mol. The van der Waals surface area contributed by atoms with E-state index in [1.54, 1.807) is 24.3 Å². The summed E-state index contributed by atoms with van der Waals surface area (Å²) in [7, 11) is 0. The zero-order chi connectivity index (χ0) is 17.6. The summed E-state index contributed by atoms with van der Waals surface area (Å²) in [5, 5.41) is 0.536. The summed E-state index contributed by atoms with van der Waals surface area (Å²) < 4.78 is 5.51. The predicted octanol–water partition coefficient (Wildman–Crippen LogP) is 5.07. The Morgan fingerprint density at radius 2 is 1.96 bits per heavy atom. The van der Waals surface area contributed by atoms with Crippen LogP contribution in [-0.2, 0) is 17.9 Å². The van der Waals surface area contributed by atoms with E-state index in [0.717, 1.165) is 18.7 Å². The highest BCUT2D eigenvalue weighted by molar-refractivity contribution is 6.30. The molecule has 0 unspecified atom stereocenters. The number of carbonyl (C=O) groups is 1. The second-order valence-electron chi connectivity index (χ2n) is 6.67. The molecular formula is C21H24ClNO2. The maximum absolute atomic E-state index is 12.2. The van der Waals surface area contributed by atoms with Crippen LogP contribution < -0.4 is 0 Å². The van der Waals surface area contributed by atoms with Crippen molar-refractivity contribution in [3.63, 3.8) is 0 Å². The van der Waals surface area contributed by atoms with Gasteiger partial charge in [0.2, 0.25) is 0 Å². The van der Waals surface area contributed by atoms with Gasteiger partial charge in [0.15, 0.2) is 0 Å². The fourth-order valence-electron chi connectivity index (χ4n) is 3.31. The molecule has 3 rings (SSSR count). The number of likely N-dealkylation sites (tertiary alicyclic amines) is 1. The van der Waals surface area contributed by atoms with Gasteiger partial charge >= 0.3 is 5.97 Å². The van der Waals surface area contributed by atoms with E-state index in [2.05, 4.69) is 17.9 Å². The molecule has 0 bridgehead atoms. The minimum atomic E-state index is -0.344. The summed E-state index contributed by atoms with van der Waals surface area (Å²) in [6, 6.07) is 15.7. The number of rotatable bonds is 5. The number of hydrogen-bond donors (Lipinski definition) is 0. The molecule has 1 heterocycles. The lowest BCUT2D eigenvalue weighted by Gasteiger charge is -2.33. The summed E-state index contributed by atoms with van der Waals surface area (Å²) in [6.07, 6.45) is 3.83. The number of benzene rings is 2. The van der Waals surface area contributed by atoms with Crippen molar-refractivity contribution in [3.05, 3.63) is 70.2 Å². The van der Waals surface area contributed by atoms with Crippen LogP contribution in [-0.4, -0.2) is 23.5 Å². The van der Waals surface area contributed by atoms with Crippen LogP contribution in [0.3, 0.4) is 0 Å². The van der Waals surface area contributed by atoms with E-state index in [4.69, 9.17) is 16.3 Å². The summed E-state index contributed by atoms with van der Waals surface area (Å²) in [5.74, 6) is -0.344. The first-order valence-electron chi connectivity index (χ1n) is 8.87. The highest BCUT2D eigenvalue weighted by atomic mass is 35.5. The predicted molar refractivity (Wildman–Crippen MR) is 101 cm³/mol. The highest BCUT2D eigenvalue weighted by Crippen LogP contribution is 2.21. The molecular weight excluding hydrogens is 334 g/mol. The largest absolute Gasteiger partial charge is 0.457 e. The number of ether oxygens (including phenoxy) is 1. The van der Waals surface area contributed by atoms with Crippen molar-refractivity contribution in [3.8, 4) is 0 Å². The van der Waals surface area contributed by atoms with E-state index in [9.17, 15) is 4.79 Å². The maximum Gasteiger partial charge on any atom is 0.338 e. The first-order valence-corrected chi connectivity index (χ1v) is 9.25. The van der Waals surface area contributed by atoms with Crippen molar-refractivity contribution in [2.24, 2.45) is 0 Å². The minimum absolute atomic E-state index is 0.281. The van der Waals surface area contributed by atoms with Crippen molar-refractivity contribution in [1.82, 2.24) is 4.90 Å². The Morgan fingerprint density at radius 3 is 2.72 bits per heavy atom. The number of hydrogen-bond acceptors (Lipinski definition) is 3. The van der Waals surface area contributed by atoms with E-state index in [1.165, 1.54) is 24.8 Å². The summed E-state index contributed by atoms with van der Waals surface area (Å²) >= 11 is 5.94. The highest BCUT2D eigenvalue weighted by Gasteiger charge is 2.19. The molecule has 2 aromatic rings. The smallest absolute Gasteiger partial charge is 0.338 e. The van der Waals surface area contributed by atoms with Gasteiger partial charge in [0.25, 0.3) is 0 Å². The Balaban J connectivity index is 1.65. The van der Waals surface area contributed by atoms with Crippen LogP contribution in [0.2, 0.25) is 5.02 Å². The third kappa shape index (κ3) is 4.83. The van der Waals surface area contributed by atoms with Gasteiger partial charge in [-0.25, -0.2) is 4.79 Å². The van der Waals surface area contributed by atoms with E-state index >= 15 is 0 Å². The molecule has 0 aromatic heterocycles. The molecule has 2 aromatic carbocycles. The molecule has 0 saturated carbocycles. The molecule has 1 aliphatic rings. The fourth-order valence-corrected chi connectivity index (χ4v) is 3.50. The Kier molecular flexibility index (Phi) is 6.11. The van der Waals surface area contributed by atoms with Crippen LogP contribution in [0.4, 0.5) is 0 Å². The van der Waals surface area contributed by atoms with Gasteiger partial charge in [-0.15, -0.1) is 0 Å².